The lowest BCUT2D eigenvalue weighted by Crippen LogP contribution is -2.21. The lowest BCUT2D eigenvalue weighted by atomic mass is 9.84. The molecule has 0 aliphatic heterocycles. The molecule has 3 rings (SSSR count). The Labute approximate surface area is 171 Å². The van der Waals surface area contributed by atoms with Crippen molar-refractivity contribution in [2.75, 3.05) is 5.32 Å². The number of aryl methyl sites for hydroxylation is 2. The lowest BCUT2D eigenvalue weighted by molar-refractivity contribution is -0.137. The van der Waals surface area contributed by atoms with Gasteiger partial charge in [-0.3, -0.25) is 9.59 Å². The molecule has 150 valence electrons. The second-order valence-corrected chi connectivity index (χ2v) is 7.60. The molecule has 29 heavy (non-hydrogen) atoms. The number of anilines is 1. The molecule has 0 spiro atoms. The first-order chi connectivity index (χ1) is 14.0. The fourth-order valence-corrected chi connectivity index (χ4v) is 4.00. The Balaban J connectivity index is 1.81. The number of amides is 1. The Morgan fingerprint density at radius 1 is 1.21 bits per heavy atom. The number of hydrogen-bond donors (Lipinski definition) is 2. The summed E-state index contributed by atoms with van der Waals surface area (Å²) in [6.07, 6.45) is 5.52. The lowest BCUT2D eigenvalue weighted by Gasteiger charge is -2.23. The molecule has 1 aliphatic rings. The zero-order valence-electron chi connectivity index (χ0n) is 16.7. The van der Waals surface area contributed by atoms with Crippen molar-refractivity contribution in [2.24, 2.45) is 0 Å². The van der Waals surface area contributed by atoms with Gasteiger partial charge in [0.1, 0.15) is 0 Å². The monoisotopic (exact) mass is 390 g/mol. The second-order valence-electron chi connectivity index (χ2n) is 7.60. The van der Waals surface area contributed by atoms with E-state index in [0.717, 1.165) is 30.4 Å². The number of fused-ring (bicyclic) bond motifs is 1. The topological polar surface area (TPSA) is 70.8 Å². The number of carboxylic acid groups (broad SMARTS) is 1. The first kappa shape index (κ1) is 20.6. The van der Waals surface area contributed by atoms with E-state index in [1.165, 1.54) is 17.5 Å². The normalized spacial score (nSPS) is 13.8. The molecular weight excluding hydrogens is 364 g/mol. The maximum absolute atomic E-state index is 13.0. The number of carboxylic acids is 1. The van der Waals surface area contributed by atoms with Gasteiger partial charge in [-0.25, -0.2) is 4.85 Å². The maximum atomic E-state index is 13.0. The van der Waals surface area contributed by atoms with Gasteiger partial charge in [0.25, 0.3) is 0 Å². The Hall–Kier alpha value is -3.13. The van der Waals surface area contributed by atoms with Crippen molar-refractivity contribution in [2.45, 2.75) is 57.8 Å². The number of carbonyl (C=O) groups excluding carboxylic acids is 1. The molecule has 5 heteroatoms. The van der Waals surface area contributed by atoms with Gasteiger partial charge < -0.3 is 10.4 Å². The molecule has 2 aromatic rings. The summed E-state index contributed by atoms with van der Waals surface area (Å²) in [6, 6.07) is 11.4. The standard InChI is InChI=1S/C24H26N2O3/c1-16(20-11-5-8-17-7-3-4-10-21(17)20)24(29)26-22-15-19(25-2)14-13-18(22)9-6-12-23(27)28/h5,8,11,13-16H,3-4,6-7,9-10,12H2,1H3,(H,26,29)(H,27,28). The average Bonchev–Trinajstić information content (AvgIpc) is 2.73. The molecule has 5 nitrogen and oxygen atoms in total. The van der Waals surface area contributed by atoms with Gasteiger partial charge in [0, 0.05) is 12.1 Å². The number of aliphatic carboxylic acids is 1. The fourth-order valence-electron chi connectivity index (χ4n) is 4.00. The van der Waals surface area contributed by atoms with Crippen LogP contribution < -0.4 is 5.32 Å². The van der Waals surface area contributed by atoms with Crippen molar-refractivity contribution >= 4 is 23.3 Å². The van der Waals surface area contributed by atoms with Crippen LogP contribution >= 0.6 is 0 Å². The largest absolute Gasteiger partial charge is 0.481 e. The van der Waals surface area contributed by atoms with Gasteiger partial charge >= 0.3 is 5.97 Å². The van der Waals surface area contributed by atoms with Crippen LogP contribution in [0, 0.1) is 6.57 Å². The number of carbonyl (C=O) groups is 2. The minimum Gasteiger partial charge on any atom is -0.481 e. The molecule has 0 saturated carbocycles. The number of nitrogens with zero attached hydrogens (tertiary/aromatic N) is 1. The van der Waals surface area contributed by atoms with Crippen LogP contribution in [0.15, 0.2) is 36.4 Å². The van der Waals surface area contributed by atoms with Crippen LogP contribution in [0.3, 0.4) is 0 Å². The number of rotatable bonds is 7. The highest BCUT2D eigenvalue weighted by molar-refractivity contribution is 5.97. The first-order valence-corrected chi connectivity index (χ1v) is 10.1. The molecule has 1 amide bonds. The highest BCUT2D eigenvalue weighted by atomic mass is 16.4. The molecule has 1 unspecified atom stereocenters. The van der Waals surface area contributed by atoms with E-state index >= 15 is 0 Å². The summed E-state index contributed by atoms with van der Waals surface area (Å²) in [4.78, 5) is 27.3. The van der Waals surface area contributed by atoms with E-state index in [0.29, 0.717) is 24.2 Å². The molecule has 0 radical (unpaired) electrons. The van der Waals surface area contributed by atoms with Crippen molar-refractivity contribution in [3.8, 4) is 0 Å². The van der Waals surface area contributed by atoms with Gasteiger partial charge in [0.05, 0.1) is 12.5 Å². The minimum atomic E-state index is -0.837. The molecule has 2 N–H and O–H groups in total. The average molecular weight is 390 g/mol. The molecule has 0 saturated heterocycles. The van der Waals surface area contributed by atoms with E-state index in [1.807, 2.05) is 19.1 Å². The molecule has 0 bridgehead atoms. The highest BCUT2D eigenvalue weighted by Gasteiger charge is 2.22. The predicted octanol–water partition coefficient (Wildman–Crippen LogP) is 5.27. The zero-order valence-corrected chi connectivity index (χ0v) is 16.7. The van der Waals surface area contributed by atoms with E-state index < -0.39 is 5.97 Å². The van der Waals surface area contributed by atoms with Crippen LogP contribution in [0.4, 0.5) is 11.4 Å². The van der Waals surface area contributed by atoms with Gasteiger partial charge in [-0.2, -0.15) is 0 Å². The minimum absolute atomic E-state index is 0.0739. The van der Waals surface area contributed by atoms with Crippen LogP contribution in [0.5, 0.6) is 0 Å². The van der Waals surface area contributed by atoms with Crippen LogP contribution in [0.1, 0.15) is 60.8 Å². The van der Waals surface area contributed by atoms with Crippen LogP contribution in [0.2, 0.25) is 0 Å². The van der Waals surface area contributed by atoms with Gasteiger partial charge in [-0.1, -0.05) is 30.3 Å². The predicted molar refractivity (Wildman–Crippen MR) is 113 cm³/mol. The first-order valence-electron chi connectivity index (χ1n) is 10.1. The van der Waals surface area contributed by atoms with Gasteiger partial charge in [-0.05, 0) is 73.8 Å². The molecule has 1 aliphatic carbocycles. The highest BCUT2D eigenvalue weighted by Crippen LogP contribution is 2.31. The summed E-state index contributed by atoms with van der Waals surface area (Å²) in [5, 5.41) is 11.9. The van der Waals surface area contributed by atoms with E-state index in [-0.39, 0.29) is 18.2 Å². The van der Waals surface area contributed by atoms with Crippen LogP contribution in [-0.4, -0.2) is 17.0 Å². The summed E-state index contributed by atoms with van der Waals surface area (Å²) in [5.41, 5.74) is 5.64. The molecule has 1 atom stereocenters. The van der Waals surface area contributed by atoms with Gasteiger partial charge in [-0.15, -0.1) is 0 Å². The van der Waals surface area contributed by atoms with Crippen molar-refractivity contribution in [1.82, 2.24) is 0 Å². The third-order valence-corrected chi connectivity index (χ3v) is 5.61. The quantitative estimate of drug-likeness (QED) is 0.633. The second kappa shape index (κ2) is 9.38. The summed E-state index contributed by atoms with van der Waals surface area (Å²) in [7, 11) is 0. The summed E-state index contributed by atoms with van der Waals surface area (Å²) in [5.74, 6) is -1.24. The van der Waals surface area contributed by atoms with E-state index in [1.54, 1.807) is 18.2 Å². The van der Waals surface area contributed by atoms with E-state index in [9.17, 15) is 9.59 Å². The Morgan fingerprint density at radius 3 is 2.76 bits per heavy atom. The number of benzene rings is 2. The smallest absolute Gasteiger partial charge is 0.303 e. The molecular formula is C24H26N2O3. The van der Waals surface area contributed by atoms with E-state index in [4.69, 9.17) is 11.7 Å². The molecule has 0 fully saturated rings. The third kappa shape index (κ3) is 5.03. The Kier molecular flexibility index (Phi) is 6.66. The van der Waals surface area contributed by atoms with Crippen molar-refractivity contribution in [3.63, 3.8) is 0 Å². The summed E-state index contributed by atoms with van der Waals surface area (Å²) in [6.45, 7) is 9.16. The molecule has 0 heterocycles. The zero-order chi connectivity index (χ0) is 20.8. The van der Waals surface area contributed by atoms with Crippen LogP contribution in [0.25, 0.3) is 4.85 Å². The molecule has 0 aromatic heterocycles. The van der Waals surface area contributed by atoms with Gasteiger partial charge in [0.15, 0.2) is 5.69 Å². The Bertz CT molecular complexity index is 959. The maximum Gasteiger partial charge on any atom is 0.303 e. The van der Waals surface area contributed by atoms with Crippen molar-refractivity contribution in [1.29, 1.82) is 0 Å². The Morgan fingerprint density at radius 2 is 2.00 bits per heavy atom. The van der Waals surface area contributed by atoms with Gasteiger partial charge in [0.2, 0.25) is 5.91 Å². The SMILES string of the molecule is [C-]#[N+]c1ccc(CCCC(=O)O)c(NC(=O)C(C)c2cccc3c2CCCC3)c1. The van der Waals surface area contributed by atoms with Crippen molar-refractivity contribution < 1.29 is 14.7 Å². The van der Waals surface area contributed by atoms with Crippen LogP contribution in [-0.2, 0) is 28.9 Å². The summed E-state index contributed by atoms with van der Waals surface area (Å²) < 4.78 is 0. The molecule has 2 aromatic carbocycles. The number of nitrogens with one attached hydrogen (secondary N) is 1. The fraction of sp³-hybridized carbons (Fsp3) is 0.375. The van der Waals surface area contributed by atoms with Crippen molar-refractivity contribution in [3.05, 3.63) is 70.1 Å². The third-order valence-electron chi connectivity index (χ3n) is 5.61. The number of hydrogen-bond acceptors (Lipinski definition) is 2. The summed E-state index contributed by atoms with van der Waals surface area (Å²) >= 11 is 0. The van der Waals surface area contributed by atoms with E-state index in [2.05, 4.69) is 16.2 Å².